The summed E-state index contributed by atoms with van der Waals surface area (Å²) in [6.07, 6.45) is -0.748. The lowest BCUT2D eigenvalue weighted by molar-refractivity contribution is -0.143. The number of hydrogen-bond donors (Lipinski definition) is 2. The van der Waals surface area contributed by atoms with Gasteiger partial charge < -0.3 is 24.8 Å². The van der Waals surface area contributed by atoms with Gasteiger partial charge in [-0.05, 0) is 33.3 Å². The first kappa shape index (κ1) is 22.4. The Bertz CT molecular complexity index is 612. The highest BCUT2D eigenvalue weighted by molar-refractivity contribution is 5.88. The van der Waals surface area contributed by atoms with Crippen molar-refractivity contribution in [2.24, 2.45) is 0 Å². The smallest absolute Gasteiger partial charge is 0.408 e. The number of amides is 2. The maximum Gasteiger partial charge on any atom is 0.408 e. The molecule has 1 aromatic rings. The molecule has 150 valence electrons. The summed E-state index contributed by atoms with van der Waals surface area (Å²) >= 11 is 0. The molecule has 0 unspecified atom stereocenters. The highest BCUT2D eigenvalue weighted by Crippen LogP contribution is 2.07. The summed E-state index contributed by atoms with van der Waals surface area (Å²) in [5.74, 6) is -1.13. The predicted molar refractivity (Wildman–Crippen MR) is 98.9 cm³/mol. The molecule has 0 aliphatic rings. The lowest BCUT2D eigenvalue weighted by Crippen LogP contribution is -2.51. The maximum atomic E-state index is 12.3. The molecule has 0 saturated carbocycles. The lowest BCUT2D eigenvalue weighted by atomic mass is 10.2. The largest absolute Gasteiger partial charge is 0.465 e. The van der Waals surface area contributed by atoms with E-state index in [9.17, 15) is 14.4 Å². The summed E-state index contributed by atoms with van der Waals surface area (Å²) in [5, 5.41) is 4.89. The van der Waals surface area contributed by atoms with Gasteiger partial charge in [0.25, 0.3) is 0 Å². The zero-order valence-corrected chi connectivity index (χ0v) is 16.2. The molecule has 0 spiro atoms. The van der Waals surface area contributed by atoms with Crippen LogP contribution in [-0.4, -0.2) is 49.4 Å². The van der Waals surface area contributed by atoms with Crippen LogP contribution in [0, 0.1) is 0 Å². The van der Waals surface area contributed by atoms with Gasteiger partial charge in [-0.1, -0.05) is 30.3 Å². The monoisotopic (exact) mass is 380 g/mol. The molecular weight excluding hydrogens is 352 g/mol. The van der Waals surface area contributed by atoms with Crippen molar-refractivity contribution in [3.05, 3.63) is 35.9 Å². The molecule has 1 atom stereocenters. The van der Waals surface area contributed by atoms with E-state index in [0.717, 1.165) is 5.56 Å². The van der Waals surface area contributed by atoms with Crippen LogP contribution in [0.3, 0.4) is 0 Å². The Morgan fingerprint density at radius 1 is 1.11 bits per heavy atom. The second kappa shape index (κ2) is 11.2. The fourth-order valence-corrected chi connectivity index (χ4v) is 2.00. The molecule has 8 nitrogen and oxygen atoms in total. The van der Waals surface area contributed by atoms with E-state index in [4.69, 9.17) is 14.2 Å². The quantitative estimate of drug-likeness (QED) is 0.633. The van der Waals surface area contributed by atoms with Crippen LogP contribution in [0.1, 0.15) is 33.3 Å². The lowest BCUT2D eigenvalue weighted by Gasteiger charge is -2.23. The number of carbonyl (C=O) groups is 3. The summed E-state index contributed by atoms with van der Waals surface area (Å²) < 4.78 is 15.5. The number of ether oxygens (including phenoxy) is 3. The number of alkyl carbamates (subject to hydrolysis) is 1. The van der Waals surface area contributed by atoms with Gasteiger partial charge in [-0.2, -0.15) is 0 Å². The number of hydrogen-bond acceptors (Lipinski definition) is 6. The topological polar surface area (TPSA) is 103 Å². The van der Waals surface area contributed by atoms with Gasteiger partial charge in [0.1, 0.15) is 18.2 Å². The van der Waals surface area contributed by atoms with Crippen LogP contribution >= 0.6 is 0 Å². The molecule has 2 amide bonds. The Hall–Kier alpha value is -2.61. The minimum atomic E-state index is -1.02. The van der Waals surface area contributed by atoms with Crippen molar-refractivity contribution in [3.8, 4) is 0 Å². The highest BCUT2D eigenvalue weighted by Gasteiger charge is 2.25. The fraction of sp³-hybridized carbons (Fsp3) is 0.526. The molecule has 2 N–H and O–H groups in total. The number of nitrogens with one attached hydrogen (secondary N) is 2. The van der Waals surface area contributed by atoms with Gasteiger partial charge in [-0.25, -0.2) is 4.79 Å². The molecule has 0 aliphatic carbocycles. The third kappa shape index (κ3) is 10.2. The summed E-state index contributed by atoms with van der Waals surface area (Å²) in [5.41, 5.74) is 0.224. The first-order chi connectivity index (χ1) is 12.7. The average molecular weight is 380 g/mol. The summed E-state index contributed by atoms with van der Waals surface area (Å²) in [6, 6.07) is 8.40. The Morgan fingerprint density at radius 3 is 2.37 bits per heavy atom. The van der Waals surface area contributed by atoms with Crippen LogP contribution in [0.2, 0.25) is 0 Å². The molecule has 0 saturated heterocycles. The Morgan fingerprint density at radius 2 is 1.78 bits per heavy atom. The Balaban J connectivity index is 2.62. The normalized spacial score (nSPS) is 12.0. The van der Waals surface area contributed by atoms with Crippen molar-refractivity contribution in [3.63, 3.8) is 0 Å². The van der Waals surface area contributed by atoms with Crippen LogP contribution in [0.4, 0.5) is 4.79 Å². The van der Waals surface area contributed by atoms with Gasteiger partial charge in [-0.15, -0.1) is 0 Å². The number of esters is 1. The fourth-order valence-electron chi connectivity index (χ4n) is 2.00. The zero-order chi connectivity index (χ0) is 20.3. The third-order valence-corrected chi connectivity index (χ3v) is 3.12. The Kier molecular flexibility index (Phi) is 9.29. The minimum absolute atomic E-state index is 0.0806. The predicted octanol–water partition coefficient (Wildman–Crippen LogP) is 1.78. The zero-order valence-electron chi connectivity index (χ0n) is 16.2. The molecule has 8 heteroatoms. The van der Waals surface area contributed by atoms with Gasteiger partial charge in [-0.3, -0.25) is 9.59 Å². The second-order valence-corrected chi connectivity index (χ2v) is 6.72. The van der Waals surface area contributed by atoms with E-state index in [1.54, 1.807) is 27.7 Å². The summed E-state index contributed by atoms with van der Waals surface area (Å²) in [6.45, 7) is 6.94. The van der Waals surface area contributed by atoms with Crippen LogP contribution in [0.15, 0.2) is 30.3 Å². The molecule has 0 bridgehead atoms. The van der Waals surface area contributed by atoms with E-state index >= 15 is 0 Å². The molecule has 0 aromatic heterocycles. The van der Waals surface area contributed by atoms with Gasteiger partial charge in [0, 0.05) is 0 Å². The van der Waals surface area contributed by atoms with Crippen LogP contribution in [0.25, 0.3) is 0 Å². The van der Waals surface area contributed by atoms with Crippen LogP contribution in [0.5, 0.6) is 0 Å². The summed E-state index contributed by atoms with van der Waals surface area (Å²) in [4.78, 5) is 35.7. The standard InChI is InChI=1S/C19H28N2O6/c1-5-26-16(22)11-20-17(23)15(21-18(24)27-19(2,3)4)13-25-12-14-9-7-6-8-10-14/h6-10,15H,5,11-13H2,1-4H3,(H,20,23)(H,21,24)/t15-/m0/s1. The molecule has 0 aliphatic heterocycles. The number of benzene rings is 1. The first-order valence-corrected chi connectivity index (χ1v) is 8.75. The van der Waals surface area contributed by atoms with Crippen molar-refractivity contribution in [2.75, 3.05) is 19.8 Å². The molecule has 27 heavy (non-hydrogen) atoms. The third-order valence-electron chi connectivity index (χ3n) is 3.12. The molecule has 1 aromatic carbocycles. The highest BCUT2D eigenvalue weighted by atomic mass is 16.6. The van der Waals surface area contributed by atoms with Crippen molar-refractivity contribution in [1.29, 1.82) is 0 Å². The summed E-state index contributed by atoms with van der Waals surface area (Å²) in [7, 11) is 0. The molecule has 1 rings (SSSR count). The van der Waals surface area contributed by atoms with Gasteiger partial charge in [0.05, 0.1) is 19.8 Å². The van der Waals surface area contributed by atoms with E-state index in [1.165, 1.54) is 0 Å². The first-order valence-electron chi connectivity index (χ1n) is 8.75. The molecule has 0 radical (unpaired) electrons. The number of rotatable bonds is 9. The van der Waals surface area contributed by atoms with Crippen LogP contribution < -0.4 is 10.6 Å². The molecular formula is C19H28N2O6. The van der Waals surface area contributed by atoms with Crippen molar-refractivity contribution >= 4 is 18.0 Å². The van der Waals surface area contributed by atoms with Gasteiger partial charge >= 0.3 is 12.1 Å². The Labute approximate surface area is 159 Å². The van der Waals surface area contributed by atoms with E-state index in [-0.39, 0.29) is 26.4 Å². The van der Waals surface area contributed by atoms with Crippen LogP contribution in [-0.2, 0) is 30.4 Å². The van der Waals surface area contributed by atoms with Crippen molar-refractivity contribution in [2.45, 2.75) is 45.9 Å². The second-order valence-electron chi connectivity index (χ2n) is 6.72. The minimum Gasteiger partial charge on any atom is -0.465 e. The van der Waals surface area contributed by atoms with Crippen molar-refractivity contribution in [1.82, 2.24) is 10.6 Å². The average Bonchev–Trinajstić information content (AvgIpc) is 2.58. The SMILES string of the molecule is CCOC(=O)CNC(=O)[C@H](COCc1ccccc1)NC(=O)OC(C)(C)C. The molecule has 0 heterocycles. The van der Waals surface area contributed by atoms with E-state index < -0.39 is 29.6 Å². The van der Waals surface area contributed by atoms with E-state index in [2.05, 4.69) is 10.6 Å². The van der Waals surface area contributed by atoms with Crippen molar-refractivity contribution < 1.29 is 28.6 Å². The van der Waals surface area contributed by atoms with E-state index in [0.29, 0.717) is 0 Å². The van der Waals surface area contributed by atoms with Gasteiger partial charge in [0.15, 0.2) is 0 Å². The molecule has 0 fully saturated rings. The van der Waals surface area contributed by atoms with E-state index in [1.807, 2.05) is 30.3 Å². The van der Waals surface area contributed by atoms with Gasteiger partial charge in [0.2, 0.25) is 5.91 Å². The number of carbonyl (C=O) groups excluding carboxylic acids is 3. The maximum absolute atomic E-state index is 12.3.